The van der Waals surface area contributed by atoms with Gasteiger partial charge in [-0.2, -0.15) is 0 Å². The Morgan fingerprint density at radius 3 is 2.14 bits per heavy atom. The van der Waals surface area contributed by atoms with E-state index < -0.39 is 9.84 Å². The van der Waals surface area contributed by atoms with E-state index in [4.69, 9.17) is 0 Å². The van der Waals surface area contributed by atoms with Crippen molar-refractivity contribution in [2.45, 2.75) is 36.9 Å². The van der Waals surface area contributed by atoms with Crippen molar-refractivity contribution in [1.82, 2.24) is 0 Å². The molecule has 2 unspecified atom stereocenters. The van der Waals surface area contributed by atoms with Crippen LogP contribution < -0.4 is 0 Å². The van der Waals surface area contributed by atoms with Gasteiger partial charge < -0.3 is 0 Å². The minimum atomic E-state index is -2.84. The summed E-state index contributed by atoms with van der Waals surface area (Å²) in [5.74, 6) is 1.92. The SMILES string of the molecule is CS(=O)(=O)C12CC3[CH]C(CC(C3)C1)C2. The van der Waals surface area contributed by atoms with Gasteiger partial charge in [0.25, 0.3) is 0 Å². The number of hydrogen-bond donors (Lipinski definition) is 0. The van der Waals surface area contributed by atoms with Crippen molar-refractivity contribution in [2.75, 3.05) is 6.26 Å². The molecule has 0 heterocycles. The fraction of sp³-hybridized carbons (Fsp3) is 0.909. The Morgan fingerprint density at radius 2 is 1.71 bits per heavy atom. The maximum atomic E-state index is 11.9. The Kier molecular flexibility index (Phi) is 1.67. The van der Waals surface area contributed by atoms with Crippen molar-refractivity contribution in [3.05, 3.63) is 6.42 Å². The molecule has 1 radical (unpaired) electrons. The lowest BCUT2D eigenvalue weighted by Crippen LogP contribution is -2.54. The van der Waals surface area contributed by atoms with E-state index in [0.29, 0.717) is 17.8 Å². The summed E-state index contributed by atoms with van der Waals surface area (Å²) in [5.41, 5.74) is 0. The standard InChI is InChI=1S/C11H17O2S/c1-14(12,13)11-5-8-2-9(6-11)4-10(3-8)7-11/h2,8-10H,3-7H2,1H3. The highest BCUT2D eigenvalue weighted by Crippen LogP contribution is 2.57. The molecule has 4 saturated carbocycles. The molecule has 4 aliphatic carbocycles. The molecule has 4 aliphatic rings. The van der Waals surface area contributed by atoms with Crippen molar-refractivity contribution in [2.24, 2.45) is 17.8 Å². The van der Waals surface area contributed by atoms with Gasteiger partial charge in [0.15, 0.2) is 9.84 Å². The Morgan fingerprint density at radius 1 is 1.14 bits per heavy atom. The third-order valence-electron chi connectivity index (χ3n) is 4.53. The summed E-state index contributed by atoms with van der Waals surface area (Å²) < 4.78 is 23.4. The lowest BCUT2D eigenvalue weighted by molar-refractivity contribution is 0.0806. The minimum Gasteiger partial charge on any atom is -0.229 e. The van der Waals surface area contributed by atoms with E-state index in [1.54, 1.807) is 0 Å². The molecule has 0 amide bonds. The lowest BCUT2D eigenvalue weighted by atomic mass is 9.56. The van der Waals surface area contributed by atoms with E-state index in [2.05, 4.69) is 6.42 Å². The molecule has 0 aliphatic heterocycles. The number of hydrogen-bond acceptors (Lipinski definition) is 2. The topological polar surface area (TPSA) is 34.1 Å². The minimum absolute atomic E-state index is 0.321. The second kappa shape index (κ2) is 2.55. The molecule has 2 nitrogen and oxygen atoms in total. The summed E-state index contributed by atoms with van der Waals surface area (Å²) >= 11 is 0. The van der Waals surface area contributed by atoms with Crippen LogP contribution in [0, 0.1) is 24.2 Å². The third-order valence-corrected chi connectivity index (χ3v) is 6.61. The van der Waals surface area contributed by atoms with Gasteiger partial charge in [0.1, 0.15) is 0 Å². The Balaban J connectivity index is 2.03. The van der Waals surface area contributed by atoms with Gasteiger partial charge in [0, 0.05) is 6.26 Å². The van der Waals surface area contributed by atoms with Gasteiger partial charge in [-0.1, -0.05) is 0 Å². The van der Waals surface area contributed by atoms with E-state index in [-0.39, 0.29) is 4.75 Å². The van der Waals surface area contributed by atoms with E-state index in [1.165, 1.54) is 19.1 Å². The quantitative estimate of drug-likeness (QED) is 0.666. The zero-order valence-corrected chi connectivity index (χ0v) is 9.39. The molecular formula is C11H17O2S. The van der Waals surface area contributed by atoms with Crippen LogP contribution in [-0.2, 0) is 9.84 Å². The lowest BCUT2D eigenvalue weighted by Gasteiger charge is -2.55. The molecule has 2 atom stereocenters. The molecule has 0 aromatic carbocycles. The predicted molar refractivity (Wildman–Crippen MR) is 55.4 cm³/mol. The maximum absolute atomic E-state index is 11.9. The van der Waals surface area contributed by atoms with Gasteiger partial charge >= 0.3 is 0 Å². The van der Waals surface area contributed by atoms with Gasteiger partial charge in [-0.25, -0.2) is 8.42 Å². The van der Waals surface area contributed by atoms with Crippen molar-refractivity contribution in [1.29, 1.82) is 0 Å². The molecule has 0 N–H and O–H groups in total. The fourth-order valence-corrected chi connectivity index (χ4v) is 5.72. The third kappa shape index (κ3) is 1.11. The van der Waals surface area contributed by atoms with E-state index in [0.717, 1.165) is 19.3 Å². The highest BCUT2D eigenvalue weighted by Gasteiger charge is 2.55. The monoisotopic (exact) mass is 213 g/mol. The molecule has 0 saturated heterocycles. The summed E-state index contributed by atoms with van der Waals surface area (Å²) in [6.07, 6.45) is 9.17. The smallest absolute Gasteiger partial charge is 0.153 e. The van der Waals surface area contributed by atoms with E-state index in [1.807, 2.05) is 0 Å². The average molecular weight is 213 g/mol. The molecule has 4 fully saturated rings. The van der Waals surface area contributed by atoms with Crippen LogP contribution >= 0.6 is 0 Å². The van der Waals surface area contributed by atoms with Crippen LogP contribution in [0.2, 0.25) is 0 Å². The van der Waals surface area contributed by atoms with Gasteiger partial charge in [0.05, 0.1) is 4.75 Å². The zero-order valence-electron chi connectivity index (χ0n) is 8.57. The van der Waals surface area contributed by atoms with Crippen molar-refractivity contribution in [3.63, 3.8) is 0 Å². The fourth-order valence-electron chi connectivity index (χ4n) is 4.15. The number of sulfone groups is 1. The van der Waals surface area contributed by atoms with Crippen molar-refractivity contribution >= 4 is 9.84 Å². The van der Waals surface area contributed by atoms with Crippen LogP contribution in [0.1, 0.15) is 32.1 Å². The molecule has 79 valence electrons. The summed E-state index contributed by atoms with van der Waals surface area (Å²) in [4.78, 5) is 0. The first-order chi connectivity index (χ1) is 6.48. The molecule has 0 spiro atoms. The van der Waals surface area contributed by atoms with Crippen molar-refractivity contribution in [3.8, 4) is 0 Å². The van der Waals surface area contributed by atoms with Gasteiger partial charge in [-0.3, -0.25) is 0 Å². The molecule has 0 aromatic heterocycles. The first kappa shape index (κ1) is 9.20. The van der Waals surface area contributed by atoms with Crippen LogP contribution in [-0.4, -0.2) is 19.4 Å². The zero-order chi connectivity index (χ0) is 9.97. The Hall–Kier alpha value is -0.0500. The molecular weight excluding hydrogens is 196 g/mol. The highest BCUT2D eigenvalue weighted by atomic mass is 32.2. The van der Waals surface area contributed by atoms with Crippen LogP contribution in [0.5, 0.6) is 0 Å². The molecule has 3 heteroatoms. The highest BCUT2D eigenvalue weighted by molar-refractivity contribution is 7.92. The first-order valence-electron chi connectivity index (χ1n) is 5.53. The second-order valence-corrected chi connectivity index (χ2v) is 8.03. The molecule has 0 aromatic rings. The normalized spacial score (nSPS) is 51.1. The molecule has 14 heavy (non-hydrogen) atoms. The first-order valence-corrected chi connectivity index (χ1v) is 7.42. The van der Waals surface area contributed by atoms with E-state index >= 15 is 0 Å². The molecule has 4 bridgehead atoms. The van der Waals surface area contributed by atoms with Crippen LogP contribution in [0.25, 0.3) is 0 Å². The summed E-state index contributed by atoms with van der Waals surface area (Å²) in [5, 5.41) is 0. The van der Waals surface area contributed by atoms with Crippen LogP contribution in [0.3, 0.4) is 0 Å². The maximum Gasteiger partial charge on any atom is 0.153 e. The Bertz CT molecular complexity index is 320. The number of rotatable bonds is 1. The summed E-state index contributed by atoms with van der Waals surface area (Å²) in [6.45, 7) is 0. The van der Waals surface area contributed by atoms with E-state index in [9.17, 15) is 8.42 Å². The largest absolute Gasteiger partial charge is 0.229 e. The van der Waals surface area contributed by atoms with Gasteiger partial charge in [0.2, 0.25) is 0 Å². The molecule has 4 rings (SSSR count). The summed E-state index contributed by atoms with van der Waals surface area (Å²) in [6, 6.07) is 0. The van der Waals surface area contributed by atoms with Crippen molar-refractivity contribution < 1.29 is 8.42 Å². The predicted octanol–water partition coefficient (Wildman–Crippen LogP) is 1.81. The summed E-state index contributed by atoms with van der Waals surface area (Å²) in [7, 11) is -2.84. The second-order valence-electron chi connectivity index (χ2n) is 5.62. The van der Waals surface area contributed by atoms with Crippen LogP contribution in [0.15, 0.2) is 0 Å². The Labute approximate surface area is 86.0 Å². The van der Waals surface area contributed by atoms with Crippen LogP contribution in [0.4, 0.5) is 0 Å². The average Bonchev–Trinajstić information content (AvgIpc) is 1.98. The van der Waals surface area contributed by atoms with Gasteiger partial charge in [-0.15, -0.1) is 0 Å². The van der Waals surface area contributed by atoms with Gasteiger partial charge in [-0.05, 0) is 56.3 Å².